The summed E-state index contributed by atoms with van der Waals surface area (Å²) in [6.07, 6.45) is 16.3. The number of halogens is 3. The standard InChI is InChI=1S/C35H39F3O/c1-3-7-25-10-12-26(13-11-25)8-5-6-9-27-14-15-29(33(36)24-27)16-17-30-20-23-32(35(38)34(30)37)28-18-21-31(22-19-28)39-4-2/h3,5,7-8,14-15,18-26H,4,6,9-13,16-17H2,1-2H3/b7-3+,8-5+. The van der Waals surface area contributed by atoms with Crippen molar-refractivity contribution in [3.05, 3.63) is 113 Å². The Kier molecular flexibility index (Phi) is 10.5. The van der Waals surface area contributed by atoms with E-state index in [0.717, 1.165) is 24.3 Å². The van der Waals surface area contributed by atoms with Gasteiger partial charge in [-0.15, -0.1) is 0 Å². The second-order valence-electron chi connectivity index (χ2n) is 10.5. The second kappa shape index (κ2) is 14.2. The minimum atomic E-state index is -0.883. The normalized spacial score (nSPS) is 17.8. The van der Waals surface area contributed by atoms with Crippen LogP contribution in [0, 0.1) is 29.3 Å². The third-order valence-electron chi connectivity index (χ3n) is 7.71. The van der Waals surface area contributed by atoms with Gasteiger partial charge in [0.2, 0.25) is 0 Å². The summed E-state index contributed by atoms with van der Waals surface area (Å²) < 4.78 is 50.0. The Balaban J connectivity index is 1.29. The summed E-state index contributed by atoms with van der Waals surface area (Å²) in [5.41, 5.74) is 2.49. The number of benzene rings is 3. The van der Waals surface area contributed by atoms with Gasteiger partial charge >= 0.3 is 0 Å². The Bertz CT molecular complexity index is 1270. The minimum Gasteiger partial charge on any atom is -0.494 e. The first kappa shape index (κ1) is 28.7. The fourth-order valence-corrected chi connectivity index (χ4v) is 5.46. The molecule has 1 aliphatic rings. The second-order valence-corrected chi connectivity index (χ2v) is 10.5. The Morgan fingerprint density at radius 1 is 0.769 bits per heavy atom. The highest BCUT2D eigenvalue weighted by Gasteiger charge is 2.17. The molecule has 0 unspecified atom stereocenters. The molecule has 0 aliphatic heterocycles. The first-order valence-corrected chi connectivity index (χ1v) is 14.2. The first-order chi connectivity index (χ1) is 19.0. The molecular weight excluding hydrogens is 493 g/mol. The van der Waals surface area contributed by atoms with E-state index >= 15 is 0 Å². The molecule has 0 aromatic heterocycles. The predicted molar refractivity (Wildman–Crippen MR) is 154 cm³/mol. The molecule has 1 aliphatic carbocycles. The van der Waals surface area contributed by atoms with Gasteiger partial charge in [0.15, 0.2) is 11.6 Å². The number of hydrogen-bond donors (Lipinski definition) is 0. The Morgan fingerprint density at radius 2 is 1.44 bits per heavy atom. The summed E-state index contributed by atoms with van der Waals surface area (Å²) >= 11 is 0. The van der Waals surface area contributed by atoms with Gasteiger partial charge in [-0.2, -0.15) is 0 Å². The summed E-state index contributed by atoms with van der Waals surface area (Å²) in [4.78, 5) is 0. The molecule has 3 aromatic rings. The largest absolute Gasteiger partial charge is 0.494 e. The van der Waals surface area contributed by atoms with E-state index in [9.17, 15) is 13.2 Å². The van der Waals surface area contributed by atoms with Crippen molar-refractivity contribution in [3.63, 3.8) is 0 Å². The van der Waals surface area contributed by atoms with Crippen LogP contribution < -0.4 is 4.74 Å². The van der Waals surface area contributed by atoms with E-state index in [2.05, 4.69) is 31.2 Å². The molecule has 0 N–H and O–H groups in total. The maximum Gasteiger partial charge on any atom is 0.166 e. The zero-order chi connectivity index (χ0) is 27.6. The van der Waals surface area contributed by atoms with Crippen LogP contribution in [0.1, 0.15) is 62.6 Å². The van der Waals surface area contributed by atoms with Gasteiger partial charge in [0.1, 0.15) is 11.6 Å². The molecule has 0 spiro atoms. The smallest absolute Gasteiger partial charge is 0.166 e. The van der Waals surface area contributed by atoms with E-state index in [0.29, 0.717) is 35.8 Å². The van der Waals surface area contributed by atoms with E-state index in [4.69, 9.17) is 4.74 Å². The number of ether oxygens (including phenoxy) is 1. The maximum absolute atomic E-state index is 14.9. The highest BCUT2D eigenvalue weighted by molar-refractivity contribution is 5.65. The van der Waals surface area contributed by atoms with Gasteiger partial charge in [0, 0.05) is 5.56 Å². The minimum absolute atomic E-state index is 0.199. The Morgan fingerprint density at radius 3 is 2.10 bits per heavy atom. The lowest BCUT2D eigenvalue weighted by molar-refractivity contribution is 0.340. The molecule has 39 heavy (non-hydrogen) atoms. The van der Waals surface area contributed by atoms with E-state index in [1.807, 2.05) is 13.0 Å². The van der Waals surface area contributed by atoms with Crippen LogP contribution in [0.25, 0.3) is 11.1 Å². The van der Waals surface area contributed by atoms with Crippen LogP contribution in [0.2, 0.25) is 0 Å². The van der Waals surface area contributed by atoms with Crippen LogP contribution >= 0.6 is 0 Å². The third kappa shape index (κ3) is 7.88. The van der Waals surface area contributed by atoms with Crippen molar-refractivity contribution in [2.75, 3.05) is 6.61 Å². The van der Waals surface area contributed by atoms with Gasteiger partial charge in [-0.05, 0) is 118 Å². The van der Waals surface area contributed by atoms with E-state index in [1.54, 1.807) is 48.5 Å². The molecule has 0 heterocycles. The van der Waals surface area contributed by atoms with Gasteiger partial charge in [-0.25, -0.2) is 13.2 Å². The molecular formula is C35H39F3O. The lowest BCUT2D eigenvalue weighted by Gasteiger charge is -2.24. The van der Waals surface area contributed by atoms with Gasteiger partial charge in [-0.1, -0.05) is 60.7 Å². The number of hydrogen-bond acceptors (Lipinski definition) is 1. The van der Waals surface area contributed by atoms with Crippen molar-refractivity contribution in [3.8, 4) is 16.9 Å². The Hall–Kier alpha value is -3.27. The SMILES string of the molecule is C/C=C/C1CCC(/C=C/CCc2ccc(CCc3ccc(-c4ccc(OCC)cc4)c(F)c3F)c(F)c2)CC1. The summed E-state index contributed by atoms with van der Waals surface area (Å²) in [5, 5.41) is 0. The molecule has 0 bridgehead atoms. The molecule has 0 amide bonds. The lowest BCUT2D eigenvalue weighted by Crippen LogP contribution is -2.11. The van der Waals surface area contributed by atoms with Crippen LogP contribution in [-0.4, -0.2) is 6.61 Å². The van der Waals surface area contributed by atoms with E-state index in [-0.39, 0.29) is 23.4 Å². The lowest BCUT2D eigenvalue weighted by atomic mass is 9.81. The fourth-order valence-electron chi connectivity index (χ4n) is 5.46. The molecule has 206 valence electrons. The Labute approximate surface area is 231 Å². The van der Waals surface area contributed by atoms with Crippen LogP contribution in [0.5, 0.6) is 5.75 Å². The van der Waals surface area contributed by atoms with Crippen LogP contribution in [-0.2, 0) is 19.3 Å². The van der Waals surface area contributed by atoms with E-state index in [1.165, 1.54) is 25.7 Å². The quantitative estimate of drug-likeness (QED) is 0.223. The molecule has 4 heteroatoms. The van der Waals surface area contributed by atoms with E-state index < -0.39 is 11.6 Å². The summed E-state index contributed by atoms with van der Waals surface area (Å²) in [6.45, 7) is 4.52. The highest BCUT2D eigenvalue weighted by Crippen LogP contribution is 2.31. The van der Waals surface area contributed by atoms with Crippen LogP contribution in [0.4, 0.5) is 13.2 Å². The average Bonchev–Trinajstić information content (AvgIpc) is 2.94. The number of rotatable bonds is 11. The maximum atomic E-state index is 14.9. The van der Waals surface area contributed by atoms with Crippen molar-refractivity contribution in [2.24, 2.45) is 11.8 Å². The van der Waals surface area contributed by atoms with Gasteiger partial charge < -0.3 is 4.74 Å². The summed E-state index contributed by atoms with van der Waals surface area (Å²) in [5.74, 6) is 0.0322. The number of aryl methyl sites for hydroxylation is 3. The van der Waals surface area contributed by atoms with Crippen molar-refractivity contribution >= 4 is 0 Å². The van der Waals surface area contributed by atoms with Gasteiger partial charge in [0.25, 0.3) is 0 Å². The molecule has 0 atom stereocenters. The van der Waals surface area contributed by atoms with Crippen LogP contribution in [0.3, 0.4) is 0 Å². The molecule has 1 fully saturated rings. The zero-order valence-corrected chi connectivity index (χ0v) is 23.1. The predicted octanol–water partition coefficient (Wildman–Crippen LogP) is 9.83. The molecule has 3 aromatic carbocycles. The molecule has 0 saturated heterocycles. The zero-order valence-electron chi connectivity index (χ0n) is 23.1. The fraction of sp³-hybridized carbons (Fsp3) is 0.371. The summed E-state index contributed by atoms with van der Waals surface area (Å²) in [6, 6.07) is 15.4. The topological polar surface area (TPSA) is 9.23 Å². The van der Waals surface area contributed by atoms with Gasteiger partial charge in [0.05, 0.1) is 6.61 Å². The van der Waals surface area contributed by atoms with Crippen molar-refractivity contribution in [1.29, 1.82) is 0 Å². The molecule has 1 saturated carbocycles. The molecule has 4 rings (SSSR count). The highest BCUT2D eigenvalue weighted by atomic mass is 19.2. The van der Waals surface area contributed by atoms with Crippen molar-refractivity contribution < 1.29 is 17.9 Å². The monoisotopic (exact) mass is 532 g/mol. The van der Waals surface area contributed by atoms with Crippen molar-refractivity contribution in [1.82, 2.24) is 0 Å². The number of allylic oxidation sites excluding steroid dienone is 4. The molecule has 1 nitrogen and oxygen atoms in total. The summed E-state index contributed by atoms with van der Waals surface area (Å²) in [7, 11) is 0. The van der Waals surface area contributed by atoms with Crippen LogP contribution in [0.15, 0.2) is 78.9 Å². The molecule has 0 radical (unpaired) electrons. The average molecular weight is 533 g/mol. The first-order valence-electron chi connectivity index (χ1n) is 14.2. The van der Waals surface area contributed by atoms with Gasteiger partial charge in [-0.3, -0.25) is 0 Å². The third-order valence-corrected chi connectivity index (χ3v) is 7.71. The van der Waals surface area contributed by atoms with Crippen molar-refractivity contribution in [2.45, 2.75) is 65.2 Å².